The molecule has 2 N–H and O–H groups in total. The number of ether oxygens (including phenoxy) is 1. The van der Waals surface area contributed by atoms with E-state index in [0.29, 0.717) is 31.7 Å². The number of carbonyl (C=O) groups is 1. The Morgan fingerprint density at radius 3 is 2.69 bits per heavy atom. The summed E-state index contributed by atoms with van der Waals surface area (Å²) < 4.78 is 7.15. The number of aryl methyl sites for hydroxylation is 1. The van der Waals surface area contributed by atoms with Crippen LogP contribution in [0.4, 0.5) is 4.79 Å². The molecule has 0 spiro atoms. The fraction of sp³-hybridized carbons (Fsp3) is 0.789. The number of carbonyl (C=O) groups excluding carboxylic acids is 1. The van der Waals surface area contributed by atoms with E-state index in [1.165, 1.54) is 0 Å². The van der Waals surface area contributed by atoms with Gasteiger partial charge in [-0.05, 0) is 25.7 Å². The van der Waals surface area contributed by atoms with Gasteiger partial charge in [0.25, 0.3) is 0 Å². The van der Waals surface area contributed by atoms with Gasteiger partial charge in [-0.1, -0.05) is 20.8 Å². The number of piperidine rings is 1. The Kier molecular flexibility index (Phi) is 11.9. The van der Waals surface area contributed by atoms with E-state index in [2.05, 4.69) is 46.2 Å². The van der Waals surface area contributed by atoms with E-state index in [4.69, 9.17) is 9.73 Å². The van der Waals surface area contributed by atoms with Crippen molar-refractivity contribution < 1.29 is 9.53 Å². The van der Waals surface area contributed by atoms with Crippen LogP contribution in [0, 0.1) is 5.92 Å². The molecule has 0 aromatic carbocycles. The number of nitrogens with zero attached hydrogens (tertiary/aromatic N) is 5. The average molecular weight is 521 g/mol. The highest BCUT2D eigenvalue weighted by Crippen LogP contribution is 2.11. The van der Waals surface area contributed by atoms with Crippen LogP contribution in [0.1, 0.15) is 46.4 Å². The SMILES string of the molecule is CCOC(=O)N1CCC(NC(=NCC(C)C)NCCn2cnnc2CC)CC1.I. The maximum absolute atomic E-state index is 11.8. The third-order valence-electron chi connectivity index (χ3n) is 4.63. The third-order valence-corrected chi connectivity index (χ3v) is 4.63. The number of rotatable bonds is 8. The molecule has 0 bridgehead atoms. The Bertz CT molecular complexity index is 628. The molecule has 10 heteroatoms. The highest BCUT2D eigenvalue weighted by molar-refractivity contribution is 14.0. The predicted molar refractivity (Wildman–Crippen MR) is 125 cm³/mol. The lowest BCUT2D eigenvalue weighted by Crippen LogP contribution is -2.50. The molecule has 1 aromatic heterocycles. The van der Waals surface area contributed by atoms with Gasteiger partial charge in [0.15, 0.2) is 5.96 Å². The van der Waals surface area contributed by atoms with Crippen LogP contribution in [0.3, 0.4) is 0 Å². The molecule has 1 saturated heterocycles. The van der Waals surface area contributed by atoms with Gasteiger partial charge in [0, 0.05) is 45.2 Å². The molecule has 2 rings (SSSR count). The number of aliphatic imine (C=N–C) groups is 1. The molecule has 0 aliphatic carbocycles. The molecule has 0 unspecified atom stereocenters. The van der Waals surface area contributed by atoms with E-state index in [0.717, 1.165) is 50.7 Å². The monoisotopic (exact) mass is 521 g/mol. The predicted octanol–water partition coefficient (Wildman–Crippen LogP) is 2.27. The van der Waals surface area contributed by atoms with Gasteiger partial charge in [-0.2, -0.15) is 0 Å². The summed E-state index contributed by atoms with van der Waals surface area (Å²) >= 11 is 0. The maximum atomic E-state index is 11.8. The van der Waals surface area contributed by atoms with Crippen molar-refractivity contribution in [3.8, 4) is 0 Å². The van der Waals surface area contributed by atoms with E-state index < -0.39 is 0 Å². The van der Waals surface area contributed by atoms with Crippen molar-refractivity contribution >= 4 is 36.0 Å². The number of guanidine groups is 1. The fourth-order valence-electron chi connectivity index (χ4n) is 3.08. The minimum absolute atomic E-state index is 0. The molecule has 29 heavy (non-hydrogen) atoms. The zero-order chi connectivity index (χ0) is 20.4. The number of halogens is 1. The fourth-order valence-corrected chi connectivity index (χ4v) is 3.08. The van der Waals surface area contributed by atoms with Crippen LogP contribution < -0.4 is 10.6 Å². The standard InChI is InChI=1S/C19H35N7O2.HI/c1-5-17-24-22-14-26(17)12-9-20-18(21-13-15(3)4)23-16-7-10-25(11-8-16)19(27)28-6-2;/h14-16H,5-13H2,1-4H3,(H2,20,21,23);1H. The minimum Gasteiger partial charge on any atom is -0.450 e. The smallest absolute Gasteiger partial charge is 0.409 e. The van der Waals surface area contributed by atoms with Gasteiger partial charge in [-0.25, -0.2) is 4.79 Å². The first-order chi connectivity index (χ1) is 13.5. The van der Waals surface area contributed by atoms with Gasteiger partial charge in [0.1, 0.15) is 12.2 Å². The van der Waals surface area contributed by atoms with Gasteiger partial charge >= 0.3 is 6.09 Å². The second kappa shape index (κ2) is 13.6. The van der Waals surface area contributed by atoms with Crippen molar-refractivity contribution in [2.24, 2.45) is 10.9 Å². The summed E-state index contributed by atoms with van der Waals surface area (Å²) in [5, 5.41) is 15.0. The summed E-state index contributed by atoms with van der Waals surface area (Å²) in [5.74, 6) is 2.31. The number of hydrogen-bond acceptors (Lipinski definition) is 5. The molecule has 1 fully saturated rings. The van der Waals surface area contributed by atoms with Gasteiger partial charge in [-0.3, -0.25) is 4.99 Å². The summed E-state index contributed by atoms with van der Waals surface area (Å²) in [6.07, 6.45) is 4.18. The van der Waals surface area contributed by atoms with E-state index in [-0.39, 0.29) is 30.1 Å². The molecular weight excluding hydrogens is 485 g/mol. The van der Waals surface area contributed by atoms with Crippen molar-refractivity contribution in [2.45, 2.75) is 59.5 Å². The van der Waals surface area contributed by atoms with Crippen molar-refractivity contribution in [1.82, 2.24) is 30.3 Å². The highest BCUT2D eigenvalue weighted by atomic mass is 127. The summed E-state index contributed by atoms with van der Waals surface area (Å²) in [5.41, 5.74) is 0. The second-order valence-electron chi connectivity index (χ2n) is 7.41. The molecule has 1 amide bonds. The first-order valence-corrected chi connectivity index (χ1v) is 10.4. The Balaban J connectivity index is 0.00000420. The second-order valence-corrected chi connectivity index (χ2v) is 7.41. The first kappa shape index (κ1) is 25.4. The minimum atomic E-state index is -0.214. The molecule has 9 nitrogen and oxygen atoms in total. The molecule has 2 heterocycles. The van der Waals surface area contributed by atoms with Crippen molar-refractivity contribution in [2.75, 3.05) is 32.8 Å². The molecule has 1 aromatic rings. The Labute approximate surface area is 191 Å². The first-order valence-electron chi connectivity index (χ1n) is 10.4. The summed E-state index contributed by atoms with van der Waals surface area (Å²) in [7, 11) is 0. The van der Waals surface area contributed by atoms with Crippen LogP contribution in [0.5, 0.6) is 0 Å². The zero-order valence-electron chi connectivity index (χ0n) is 18.1. The Morgan fingerprint density at radius 2 is 2.07 bits per heavy atom. The molecular formula is C19H36IN7O2. The molecule has 0 saturated carbocycles. The number of amides is 1. The van der Waals surface area contributed by atoms with E-state index in [1.54, 1.807) is 11.2 Å². The van der Waals surface area contributed by atoms with Gasteiger partial charge in [0.2, 0.25) is 0 Å². The lowest BCUT2D eigenvalue weighted by molar-refractivity contribution is 0.0963. The zero-order valence-corrected chi connectivity index (χ0v) is 20.4. The van der Waals surface area contributed by atoms with Gasteiger partial charge < -0.3 is 24.8 Å². The van der Waals surface area contributed by atoms with Crippen LogP contribution in [0.25, 0.3) is 0 Å². The third kappa shape index (κ3) is 8.75. The number of aromatic nitrogens is 3. The topological polar surface area (TPSA) is 96.7 Å². The lowest BCUT2D eigenvalue weighted by Gasteiger charge is -2.32. The number of hydrogen-bond donors (Lipinski definition) is 2. The van der Waals surface area contributed by atoms with Gasteiger partial charge in [-0.15, -0.1) is 34.2 Å². The van der Waals surface area contributed by atoms with Crippen LogP contribution in [0.2, 0.25) is 0 Å². The summed E-state index contributed by atoms with van der Waals surface area (Å²) in [6, 6.07) is 0.296. The van der Waals surface area contributed by atoms with Crippen LogP contribution >= 0.6 is 24.0 Å². The summed E-state index contributed by atoms with van der Waals surface area (Å²) in [6.45, 7) is 12.3. The van der Waals surface area contributed by atoms with Crippen molar-refractivity contribution in [3.05, 3.63) is 12.2 Å². The lowest BCUT2D eigenvalue weighted by atomic mass is 10.1. The molecule has 0 radical (unpaired) electrons. The Morgan fingerprint density at radius 1 is 1.34 bits per heavy atom. The molecule has 1 aliphatic rings. The summed E-state index contributed by atoms with van der Waals surface area (Å²) in [4.78, 5) is 18.3. The quantitative estimate of drug-likeness (QED) is 0.310. The Hall–Kier alpha value is -1.59. The normalized spacial score (nSPS) is 15.2. The van der Waals surface area contributed by atoms with Crippen LogP contribution in [-0.4, -0.2) is 70.5 Å². The molecule has 1 aliphatic heterocycles. The average Bonchev–Trinajstić information content (AvgIpc) is 3.14. The number of likely N-dealkylation sites (tertiary alicyclic amines) is 1. The highest BCUT2D eigenvalue weighted by Gasteiger charge is 2.24. The molecule has 166 valence electrons. The van der Waals surface area contributed by atoms with Crippen LogP contribution in [-0.2, 0) is 17.7 Å². The van der Waals surface area contributed by atoms with Gasteiger partial charge in [0.05, 0.1) is 6.61 Å². The van der Waals surface area contributed by atoms with Crippen molar-refractivity contribution in [1.29, 1.82) is 0 Å². The van der Waals surface area contributed by atoms with Crippen molar-refractivity contribution in [3.63, 3.8) is 0 Å². The number of nitrogens with one attached hydrogen (secondary N) is 2. The van der Waals surface area contributed by atoms with E-state index >= 15 is 0 Å². The van der Waals surface area contributed by atoms with E-state index in [1.807, 2.05) is 6.92 Å². The van der Waals surface area contributed by atoms with Crippen LogP contribution in [0.15, 0.2) is 11.3 Å². The maximum Gasteiger partial charge on any atom is 0.409 e. The largest absolute Gasteiger partial charge is 0.450 e. The molecule has 0 atom stereocenters. The van der Waals surface area contributed by atoms with E-state index in [9.17, 15) is 4.79 Å².